The molecule has 0 bridgehead atoms. The maximum Gasteiger partial charge on any atom is 0.123 e. The highest BCUT2D eigenvalue weighted by atomic mass is 16.5. The van der Waals surface area contributed by atoms with E-state index in [4.69, 9.17) is 4.74 Å². The van der Waals surface area contributed by atoms with Crippen molar-refractivity contribution in [3.63, 3.8) is 0 Å². The maximum atomic E-state index is 5.98. The molecule has 1 fully saturated rings. The minimum atomic E-state index is 0.789. The van der Waals surface area contributed by atoms with E-state index in [1.165, 1.54) is 31.5 Å². The van der Waals surface area contributed by atoms with E-state index in [0.29, 0.717) is 0 Å². The fourth-order valence-corrected chi connectivity index (χ4v) is 2.62. The van der Waals surface area contributed by atoms with Crippen LogP contribution in [0.2, 0.25) is 0 Å². The lowest BCUT2D eigenvalue weighted by atomic mass is 9.99. The molecule has 0 atom stereocenters. The van der Waals surface area contributed by atoms with Crippen molar-refractivity contribution in [2.45, 2.75) is 33.2 Å². The zero-order valence-electron chi connectivity index (χ0n) is 12.9. The number of likely N-dealkylation sites (tertiary alicyclic amines) is 1. The van der Waals surface area contributed by atoms with Gasteiger partial charge in [-0.2, -0.15) is 0 Å². The first-order valence-corrected chi connectivity index (χ1v) is 7.93. The number of nitrogens with zero attached hydrogens (tertiary/aromatic N) is 1. The number of piperidine rings is 1. The SMILES string of the molecule is CCNCc1ccccc1OCCN1CCC(C)CC1. The van der Waals surface area contributed by atoms with Crippen molar-refractivity contribution in [3.8, 4) is 5.75 Å². The third kappa shape index (κ3) is 4.80. The normalized spacial score (nSPS) is 17.3. The molecule has 1 N–H and O–H groups in total. The summed E-state index contributed by atoms with van der Waals surface area (Å²) in [4.78, 5) is 2.52. The summed E-state index contributed by atoms with van der Waals surface area (Å²) < 4.78 is 5.98. The van der Waals surface area contributed by atoms with Gasteiger partial charge >= 0.3 is 0 Å². The quantitative estimate of drug-likeness (QED) is 0.829. The van der Waals surface area contributed by atoms with E-state index in [9.17, 15) is 0 Å². The number of hydrogen-bond donors (Lipinski definition) is 1. The molecular weight excluding hydrogens is 248 g/mol. The lowest BCUT2D eigenvalue weighted by molar-refractivity contribution is 0.160. The van der Waals surface area contributed by atoms with Gasteiger partial charge in [-0.1, -0.05) is 32.0 Å². The van der Waals surface area contributed by atoms with Crippen LogP contribution in [0.3, 0.4) is 0 Å². The molecule has 3 nitrogen and oxygen atoms in total. The summed E-state index contributed by atoms with van der Waals surface area (Å²) in [5.74, 6) is 1.92. The van der Waals surface area contributed by atoms with Crippen LogP contribution in [0.5, 0.6) is 5.75 Å². The van der Waals surface area contributed by atoms with E-state index in [2.05, 4.69) is 42.3 Å². The molecular formula is C17H28N2O. The van der Waals surface area contributed by atoms with Crippen molar-refractivity contribution in [2.75, 3.05) is 32.8 Å². The minimum absolute atomic E-state index is 0.789. The van der Waals surface area contributed by atoms with Crippen LogP contribution in [0.4, 0.5) is 0 Å². The monoisotopic (exact) mass is 276 g/mol. The summed E-state index contributed by atoms with van der Waals surface area (Å²) >= 11 is 0. The van der Waals surface area contributed by atoms with E-state index in [1.807, 2.05) is 6.07 Å². The molecule has 2 rings (SSSR count). The summed E-state index contributed by atoms with van der Waals surface area (Å²) in [5, 5.41) is 3.36. The fraction of sp³-hybridized carbons (Fsp3) is 0.647. The van der Waals surface area contributed by atoms with Crippen molar-refractivity contribution in [3.05, 3.63) is 29.8 Å². The largest absolute Gasteiger partial charge is 0.492 e. The standard InChI is InChI=1S/C17H28N2O/c1-3-18-14-16-6-4-5-7-17(16)20-13-12-19-10-8-15(2)9-11-19/h4-7,15,18H,3,8-14H2,1-2H3. The number of benzene rings is 1. The highest BCUT2D eigenvalue weighted by Crippen LogP contribution is 2.19. The molecule has 0 amide bonds. The highest BCUT2D eigenvalue weighted by molar-refractivity contribution is 5.33. The Balaban J connectivity index is 1.76. The van der Waals surface area contributed by atoms with Crippen LogP contribution < -0.4 is 10.1 Å². The Hall–Kier alpha value is -1.06. The van der Waals surface area contributed by atoms with Gasteiger partial charge in [-0.3, -0.25) is 4.90 Å². The van der Waals surface area contributed by atoms with Gasteiger partial charge in [0.05, 0.1) is 0 Å². The third-order valence-electron chi connectivity index (χ3n) is 4.08. The Morgan fingerprint density at radius 3 is 2.75 bits per heavy atom. The average Bonchev–Trinajstić information content (AvgIpc) is 2.48. The molecule has 0 aliphatic carbocycles. The van der Waals surface area contributed by atoms with Crippen molar-refractivity contribution in [1.82, 2.24) is 10.2 Å². The molecule has 0 saturated carbocycles. The molecule has 1 saturated heterocycles. The molecule has 1 aliphatic rings. The second-order valence-electron chi connectivity index (χ2n) is 5.76. The number of ether oxygens (including phenoxy) is 1. The van der Waals surface area contributed by atoms with Crippen LogP contribution in [0.25, 0.3) is 0 Å². The van der Waals surface area contributed by atoms with Crippen LogP contribution in [0.1, 0.15) is 32.3 Å². The molecule has 20 heavy (non-hydrogen) atoms. The van der Waals surface area contributed by atoms with Gasteiger partial charge in [0.2, 0.25) is 0 Å². The van der Waals surface area contributed by atoms with Gasteiger partial charge < -0.3 is 10.1 Å². The Morgan fingerprint density at radius 2 is 2.00 bits per heavy atom. The predicted octanol–water partition coefficient (Wildman–Crippen LogP) is 2.91. The molecule has 0 unspecified atom stereocenters. The lowest BCUT2D eigenvalue weighted by Crippen LogP contribution is -2.35. The Kier molecular flexibility index (Phi) is 6.34. The minimum Gasteiger partial charge on any atom is -0.492 e. The highest BCUT2D eigenvalue weighted by Gasteiger charge is 2.15. The zero-order chi connectivity index (χ0) is 14.2. The summed E-state index contributed by atoms with van der Waals surface area (Å²) in [6.45, 7) is 10.6. The summed E-state index contributed by atoms with van der Waals surface area (Å²) in [6.07, 6.45) is 2.66. The molecule has 1 aromatic rings. The first-order chi connectivity index (χ1) is 9.79. The van der Waals surface area contributed by atoms with E-state index in [-0.39, 0.29) is 0 Å². The van der Waals surface area contributed by atoms with Crippen LogP contribution in [-0.2, 0) is 6.54 Å². The van der Waals surface area contributed by atoms with Crippen molar-refractivity contribution < 1.29 is 4.74 Å². The molecule has 1 aliphatic heterocycles. The smallest absolute Gasteiger partial charge is 0.123 e. The summed E-state index contributed by atoms with van der Waals surface area (Å²) in [5.41, 5.74) is 1.25. The van der Waals surface area contributed by atoms with E-state index in [0.717, 1.165) is 37.9 Å². The first-order valence-electron chi connectivity index (χ1n) is 7.93. The topological polar surface area (TPSA) is 24.5 Å². The van der Waals surface area contributed by atoms with Gasteiger partial charge in [0, 0.05) is 18.7 Å². The molecule has 3 heteroatoms. The predicted molar refractivity (Wildman–Crippen MR) is 84.2 cm³/mol. The number of rotatable bonds is 7. The Bertz CT molecular complexity index is 386. The van der Waals surface area contributed by atoms with Gasteiger partial charge in [0.25, 0.3) is 0 Å². The van der Waals surface area contributed by atoms with Crippen LogP contribution in [-0.4, -0.2) is 37.7 Å². The van der Waals surface area contributed by atoms with Gasteiger partial charge in [-0.05, 0) is 44.5 Å². The Labute approximate surface area is 123 Å². The van der Waals surface area contributed by atoms with Crippen LogP contribution >= 0.6 is 0 Å². The average molecular weight is 276 g/mol. The zero-order valence-corrected chi connectivity index (χ0v) is 12.9. The van der Waals surface area contributed by atoms with Crippen molar-refractivity contribution >= 4 is 0 Å². The van der Waals surface area contributed by atoms with Crippen molar-refractivity contribution in [2.24, 2.45) is 5.92 Å². The second kappa shape index (κ2) is 8.28. The molecule has 1 heterocycles. The maximum absolute atomic E-state index is 5.98. The van der Waals surface area contributed by atoms with Crippen LogP contribution in [0, 0.1) is 5.92 Å². The second-order valence-corrected chi connectivity index (χ2v) is 5.76. The molecule has 0 aromatic heterocycles. The first kappa shape index (κ1) is 15.3. The number of nitrogens with one attached hydrogen (secondary N) is 1. The summed E-state index contributed by atoms with van der Waals surface area (Å²) in [7, 11) is 0. The van der Waals surface area contributed by atoms with Crippen molar-refractivity contribution in [1.29, 1.82) is 0 Å². The fourth-order valence-electron chi connectivity index (χ4n) is 2.62. The van der Waals surface area contributed by atoms with Crippen LogP contribution in [0.15, 0.2) is 24.3 Å². The lowest BCUT2D eigenvalue weighted by Gasteiger charge is -2.30. The Morgan fingerprint density at radius 1 is 1.25 bits per heavy atom. The van der Waals surface area contributed by atoms with Gasteiger partial charge in [0.15, 0.2) is 0 Å². The number of hydrogen-bond acceptors (Lipinski definition) is 3. The van der Waals surface area contributed by atoms with Gasteiger partial charge in [-0.25, -0.2) is 0 Å². The molecule has 0 radical (unpaired) electrons. The molecule has 112 valence electrons. The van der Waals surface area contributed by atoms with Gasteiger partial charge in [-0.15, -0.1) is 0 Å². The van der Waals surface area contributed by atoms with E-state index >= 15 is 0 Å². The molecule has 1 aromatic carbocycles. The van der Waals surface area contributed by atoms with E-state index < -0.39 is 0 Å². The van der Waals surface area contributed by atoms with E-state index in [1.54, 1.807) is 0 Å². The third-order valence-corrected chi connectivity index (χ3v) is 4.08. The summed E-state index contributed by atoms with van der Waals surface area (Å²) in [6, 6.07) is 8.34. The molecule has 0 spiro atoms. The van der Waals surface area contributed by atoms with Gasteiger partial charge in [0.1, 0.15) is 12.4 Å². The number of para-hydroxylation sites is 1.